The molecule has 3 heteroatoms. The predicted octanol–water partition coefficient (Wildman–Crippen LogP) is 7.48. The lowest BCUT2D eigenvalue weighted by molar-refractivity contribution is 0.183. The Morgan fingerprint density at radius 2 is 1.57 bits per heavy atom. The third-order valence-corrected chi connectivity index (χ3v) is 7.08. The molecule has 2 aromatic rings. The summed E-state index contributed by atoms with van der Waals surface area (Å²) < 4.78 is 42.9. The van der Waals surface area contributed by atoms with Crippen LogP contribution < -0.4 is 0 Å². The highest BCUT2D eigenvalue weighted by molar-refractivity contribution is 5.67. The molecule has 0 saturated heterocycles. The summed E-state index contributed by atoms with van der Waals surface area (Å²) in [5, 5.41) is 0. The SMILES string of the molecule is CCCC1CCC(C2CCc3c(ccc(-c4cccc(F)c4F)c3F)C2)CC1. The molecule has 0 amide bonds. The van der Waals surface area contributed by atoms with Gasteiger partial charge in [0.2, 0.25) is 0 Å². The largest absolute Gasteiger partial charge is 0.206 e. The van der Waals surface area contributed by atoms with Gasteiger partial charge in [0.25, 0.3) is 0 Å². The second-order valence-electron chi connectivity index (χ2n) is 8.74. The van der Waals surface area contributed by atoms with E-state index in [4.69, 9.17) is 0 Å². The van der Waals surface area contributed by atoms with Crippen LogP contribution in [0, 0.1) is 35.2 Å². The Bertz CT molecular complexity index is 834. The molecule has 0 radical (unpaired) electrons. The van der Waals surface area contributed by atoms with Gasteiger partial charge in [0.05, 0.1) is 0 Å². The Balaban J connectivity index is 1.52. The smallest absolute Gasteiger partial charge is 0.166 e. The van der Waals surface area contributed by atoms with Gasteiger partial charge < -0.3 is 0 Å². The Kier molecular flexibility index (Phi) is 5.80. The van der Waals surface area contributed by atoms with Gasteiger partial charge in [0, 0.05) is 11.1 Å². The summed E-state index contributed by atoms with van der Waals surface area (Å²) >= 11 is 0. The average molecular weight is 387 g/mol. The van der Waals surface area contributed by atoms with Crippen LogP contribution in [0.25, 0.3) is 11.1 Å². The molecule has 2 aromatic carbocycles. The molecule has 28 heavy (non-hydrogen) atoms. The Morgan fingerprint density at radius 1 is 0.821 bits per heavy atom. The van der Waals surface area contributed by atoms with E-state index in [-0.39, 0.29) is 16.9 Å². The summed E-state index contributed by atoms with van der Waals surface area (Å²) in [6.07, 6.45) is 10.5. The van der Waals surface area contributed by atoms with Crippen molar-refractivity contribution < 1.29 is 13.2 Å². The van der Waals surface area contributed by atoms with E-state index >= 15 is 4.39 Å². The predicted molar refractivity (Wildman–Crippen MR) is 108 cm³/mol. The van der Waals surface area contributed by atoms with Crippen LogP contribution in [-0.2, 0) is 12.8 Å². The number of benzene rings is 2. The topological polar surface area (TPSA) is 0 Å². The third kappa shape index (κ3) is 3.73. The first-order valence-corrected chi connectivity index (χ1v) is 10.8. The monoisotopic (exact) mass is 386 g/mol. The Hall–Kier alpha value is -1.77. The highest BCUT2D eigenvalue weighted by atomic mass is 19.2. The summed E-state index contributed by atoms with van der Waals surface area (Å²) in [6.45, 7) is 2.27. The van der Waals surface area contributed by atoms with Crippen molar-refractivity contribution in [3.63, 3.8) is 0 Å². The van der Waals surface area contributed by atoms with Crippen LogP contribution in [0.1, 0.15) is 63.0 Å². The molecule has 0 aromatic heterocycles. The normalized spacial score (nSPS) is 24.8. The van der Waals surface area contributed by atoms with Crippen LogP contribution in [0.4, 0.5) is 13.2 Å². The molecule has 2 aliphatic carbocycles. The number of halogens is 3. The number of fused-ring (bicyclic) bond motifs is 1. The second-order valence-corrected chi connectivity index (χ2v) is 8.74. The quantitative estimate of drug-likeness (QED) is 0.511. The minimum atomic E-state index is -0.973. The van der Waals surface area contributed by atoms with Gasteiger partial charge >= 0.3 is 0 Å². The molecule has 150 valence electrons. The van der Waals surface area contributed by atoms with Gasteiger partial charge in [-0.25, -0.2) is 13.2 Å². The maximum absolute atomic E-state index is 15.2. The van der Waals surface area contributed by atoms with Crippen LogP contribution >= 0.6 is 0 Å². The highest BCUT2D eigenvalue weighted by Crippen LogP contribution is 2.42. The van der Waals surface area contributed by atoms with E-state index in [1.165, 1.54) is 50.7 Å². The Labute approximate surface area is 166 Å². The van der Waals surface area contributed by atoms with Gasteiger partial charge in [-0.1, -0.05) is 56.9 Å². The molecular formula is C25H29F3. The lowest BCUT2D eigenvalue weighted by Gasteiger charge is -2.36. The summed E-state index contributed by atoms with van der Waals surface area (Å²) in [4.78, 5) is 0. The molecule has 1 atom stereocenters. The van der Waals surface area contributed by atoms with Crippen molar-refractivity contribution in [2.45, 2.75) is 64.7 Å². The van der Waals surface area contributed by atoms with Crippen molar-refractivity contribution in [1.82, 2.24) is 0 Å². The molecule has 1 saturated carbocycles. The van der Waals surface area contributed by atoms with Gasteiger partial charge in [0.15, 0.2) is 11.6 Å². The molecule has 0 N–H and O–H groups in total. The van der Waals surface area contributed by atoms with Crippen molar-refractivity contribution in [2.24, 2.45) is 17.8 Å². The maximum Gasteiger partial charge on any atom is 0.166 e. The lowest BCUT2D eigenvalue weighted by Crippen LogP contribution is -2.27. The first-order chi connectivity index (χ1) is 13.6. The molecular weight excluding hydrogens is 357 g/mol. The second kappa shape index (κ2) is 8.31. The minimum Gasteiger partial charge on any atom is -0.206 e. The van der Waals surface area contributed by atoms with Crippen molar-refractivity contribution in [3.05, 3.63) is 58.9 Å². The van der Waals surface area contributed by atoms with E-state index in [0.29, 0.717) is 17.9 Å². The zero-order valence-corrected chi connectivity index (χ0v) is 16.6. The Morgan fingerprint density at radius 3 is 2.32 bits per heavy atom. The standard InChI is InChI=1S/C25H29F3/c1-2-4-16-7-9-17(10-8-16)18-11-13-20-19(15-18)12-14-22(24(20)27)21-5-3-6-23(26)25(21)28/h3,5-6,12,14,16-18H,2,4,7-11,13,15H2,1H3. The minimum absolute atomic E-state index is 0.0108. The molecule has 2 aliphatic rings. The molecule has 0 nitrogen and oxygen atoms in total. The number of hydrogen-bond acceptors (Lipinski definition) is 0. The molecule has 1 fully saturated rings. The van der Waals surface area contributed by atoms with E-state index in [0.717, 1.165) is 36.3 Å². The fraction of sp³-hybridized carbons (Fsp3) is 0.520. The van der Waals surface area contributed by atoms with Gasteiger partial charge in [0.1, 0.15) is 5.82 Å². The molecule has 4 rings (SSSR count). The summed E-state index contributed by atoms with van der Waals surface area (Å²) in [6, 6.07) is 7.51. The zero-order chi connectivity index (χ0) is 19.7. The number of rotatable bonds is 4. The van der Waals surface area contributed by atoms with Crippen LogP contribution in [-0.4, -0.2) is 0 Å². The van der Waals surface area contributed by atoms with Crippen molar-refractivity contribution in [3.8, 4) is 11.1 Å². The van der Waals surface area contributed by atoms with Gasteiger partial charge in [-0.15, -0.1) is 0 Å². The molecule has 0 spiro atoms. The molecule has 0 heterocycles. The van der Waals surface area contributed by atoms with Gasteiger partial charge in [-0.3, -0.25) is 0 Å². The third-order valence-electron chi connectivity index (χ3n) is 7.08. The fourth-order valence-electron chi connectivity index (χ4n) is 5.52. The van der Waals surface area contributed by atoms with E-state index < -0.39 is 11.6 Å². The summed E-state index contributed by atoms with van der Waals surface area (Å²) in [5.41, 5.74) is 1.95. The van der Waals surface area contributed by atoms with Crippen LogP contribution in [0.5, 0.6) is 0 Å². The van der Waals surface area contributed by atoms with E-state index in [2.05, 4.69) is 6.92 Å². The van der Waals surface area contributed by atoms with Crippen LogP contribution in [0.2, 0.25) is 0 Å². The maximum atomic E-state index is 15.2. The van der Waals surface area contributed by atoms with Crippen molar-refractivity contribution in [2.75, 3.05) is 0 Å². The lowest BCUT2D eigenvalue weighted by atomic mass is 9.69. The van der Waals surface area contributed by atoms with E-state index in [1.807, 2.05) is 6.07 Å². The first kappa shape index (κ1) is 19.5. The molecule has 0 aliphatic heterocycles. The fourth-order valence-corrected chi connectivity index (χ4v) is 5.52. The van der Waals surface area contributed by atoms with Crippen LogP contribution in [0.3, 0.4) is 0 Å². The summed E-state index contributed by atoms with van der Waals surface area (Å²) in [7, 11) is 0. The summed E-state index contributed by atoms with van der Waals surface area (Å²) in [5.74, 6) is 0.00789. The van der Waals surface area contributed by atoms with Gasteiger partial charge in [-0.05, 0) is 67.1 Å². The number of hydrogen-bond donors (Lipinski definition) is 0. The molecule has 1 unspecified atom stereocenters. The van der Waals surface area contributed by atoms with Crippen molar-refractivity contribution in [1.29, 1.82) is 0 Å². The van der Waals surface area contributed by atoms with Crippen molar-refractivity contribution >= 4 is 0 Å². The first-order valence-electron chi connectivity index (χ1n) is 10.8. The van der Waals surface area contributed by atoms with E-state index in [1.54, 1.807) is 6.07 Å². The van der Waals surface area contributed by atoms with Crippen LogP contribution in [0.15, 0.2) is 30.3 Å². The van der Waals surface area contributed by atoms with E-state index in [9.17, 15) is 8.78 Å². The highest BCUT2D eigenvalue weighted by Gasteiger charge is 2.31. The van der Waals surface area contributed by atoms with Gasteiger partial charge in [-0.2, -0.15) is 0 Å². The average Bonchev–Trinajstić information content (AvgIpc) is 2.71. The molecule has 0 bridgehead atoms. The zero-order valence-electron chi connectivity index (χ0n) is 16.6.